The minimum atomic E-state index is 0.151. The molecular weight excluding hydrogens is 288 g/mol. The number of hydrogen-bond donors (Lipinski definition) is 0. The van der Waals surface area contributed by atoms with E-state index in [2.05, 4.69) is 29.8 Å². The molecule has 2 heteroatoms. The van der Waals surface area contributed by atoms with Gasteiger partial charge >= 0.3 is 0 Å². The summed E-state index contributed by atoms with van der Waals surface area (Å²) in [4.78, 5) is 0. The van der Waals surface area contributed by atoms with Gasteiger partial charge in [-0.2, -0.15) is 0 Å². The molecule has 0 aliphatic heterocycles. The van der Waals surface area contributed by atoms with Crippen LogP contribution in [0.2, 0.25) is 0 Å². The van der Waals surface area contributed by atoms with Gasteiger partial charge in [0.05, 0.1) is 11.7 Å². The average molecular weight is 317 g/mol. The summed E-state index contributed by atoms with van der Waals surface area (Å²) < 4.78 is 6.62. The van der Waals surface area contributed by atoms with Crippen molar-refractivity contribution in [2.45, 2.75) is 83.3 Å². The molecule has 2 aliphatic carbocycles. The van der Waals surface area contributed by atoms with Gasteiger partial charge in [-0.05, 0) is 37.5 Å². The standard InChI is InChI=1S/C16H29BrO/c1-3-14-7-4-8-15(10-14)18-16(12-17)9-5-6-13(2)11-16/h13-15H,3-12H2,1-2H3. The van der Waals surface area contributed by atoms with Crippen molar-refractivity contribution in [3.8, 4) is 0 Å². The summed E-state index contributed by atoms with van der Waals surface area (Å²) in [5.41, 5.74) is 0.151. The van der Waals surface area contributed by atoms with Gasteiger partial charge in [-0.3, -0.25) is 0 Å². The van der Waals surface area contributed by atoms with Crippen LogP contribution in [0.1, 0.15) is 71.6 Å². The minimum absolute atomic E-state index is 0.151. The Morgan fingerprint density at radius 1 is 1.22 bits per heavy atom. The molecule has 18 heavy (non-hydrogen) atoms. The van der Waals surface area contributed by atoms with Crippen molar-refractivity contribution in [3.05, 3.63) is 0 Å². The largest absolute Gasteiger partial charge is 0.371 e. The fourth-order valence-electron chi connectivity index (χ4n) is 3.94. The number of halogens is 1. The Balaban J connectivity index is 1.92. The molecule has 0 radical (unpaired) electrons. The van der Waals surface area contributed by atoms with Gasteiger partial charge in [-0.15, -0.1) is 0 Å². The van der Waals surface area contributed by atoms with Crippen molar-refractivity contribution in [2.75, 3.05) is 5.33 Å². The van der Waals surface area contributed by atoms with E-state index in [1.807, 2.05) is 0 Å². The third-order valence-corrected chi connectivity index (χ3v) is 6.04. The lowest BCUT2D eigenvalue weighted by atomic mass is 9.79. The second kappa shape index (κ2) is 6.74. The predicted molar refractivity (Wildman–Crippen MR) is 81.3 cm³/mol. The maximum Gasteiger partial charge on any atom is 0.0785 e. The number of hydrogen-bond acceptors (Lipinski definition) is 1. The van der Waals surface area contributed by atoms with E-state index in [4.69, 9.17) is 4.74 Å². The molecule has 0 aromatic heterocycles. The predicted octanol–water partition coefficient (Wildman–Crippen LogP) is 5.32. The van der Waals surface area contributed by atoms with E-state index in [1.54, 1.807) is 0 Å². The van der Waals surface area contributed by atoms with Crippen molar-refractivity contribution in [1.82, 2.24) is 0 Å². The second-order valence-electron chi connectivity index (χ2n) is 6.70. The molecule has 0 saturated heterocycles. The molecule has 4 unspecified atom stereocenters. The van der Waals surface area contributed by atoms with E-state index in [1.165, 1.54) is 57.8 Å². The molecule has 0 N–H and O–H groups in total. The van der Waals surface area contributed by atoms with E-state index in [0.717, 1.165) is 17.2 Å². The summed E-state index contributed by atoms with van der Waals surface area (Å²) >= 11 is 3.73. The van der Waals surface area contributed by atoms with Crippen molar-refractivity contribution in [1.29, 1.82) is 0 Å². The third kappa shape index (κ3) is 3.72. The fourth-order valence-corrected chi connectivity index (χ4v) is 4.59. The van der Waals surface area contributed by atoms with Crippen molar-refractivity contribution >= 4 is 15.9 Å². The van der Waals surface area contributed by atoms with Crippen LogP contribution >= 0.6 is 15.9 Å². The molecule has 0 spiro atoms. The zero-order chi connectivity index (χ0) is 13.0. The van der Waals surface area contributed by atoms with Gasteiger partial charge in [0, 0.05) is 5.33 Å². The maximum absolute atomic E-state index is 6.62. The molecule has 0 aromatic rings. The number of alkyl halides is 1. The molecule has 0 aromatic carbocycles. The molecular formula is C16H29BrO. The Bertz CT molecular complexity index is 255. The lowest BCUT2D eigenvalue weighted by Gasteiger charge is -2.43. The van der Waals surface area contributed by atoms with Crippen LogP contribution in [0.3, 0.4) is 0 Å². The summed E-state index contributed by atoms with van der Waals surface area (Å²) in [5, 5.41) is 1.03. The summed E-state index contributed by atoms with van der Waals surface area (Å²) in [7, 11) is 0. The molecule has 4 atom stereocenters. The Morgan fingerprint density at radius 2 is 2.06 bits per heavy atom. The Labute approximate surface area is 121 Å². The number of rotatable bonds is 4. The summed E-state index contributed by atoms with van der Waals surface area (Å²) in [6.45, 7) is 4.71. The molecule has 0 bridgehead atoms. The normalized spacial score (nSPS) is 41.8. The van der Waals surface area contributed by atoms with E-state index in [-0.39, 0.29) is 5.60 Å². The van der Waals surface area contributed by atoms with Crippen LogP contribution in [0, 0.1) is 11.8 Å². The molecule has 106 valence electrons. The van der Waals surface area contributed by atoms with Crippen LogP contribution in [-0.2, 0) is 4.74 Å². The highest BCUT2D eigenvalue weighted by atomic mass is 79.9. The first-order valence-electron chi connectivity index (χ1n) is 7.91. The van der Waals surface area contributed by atoms with Crippen LogP contribution in [0.15, 0.2) is 0 Å². The topological polar surface area (TPSA) is 9.23 Å². The number of ether oxygens (including phenoxy) is 1. The molecule has 0 heterocycles. The fraction of sp³-hybridized carbons (Fsp3) is 1.00. The molecule has 2 aliphatic rings. The summed E-state index contributed by atoms with van der Waals surface area (Å²) in [6.07, 6.45) is 12.5. The molecule has 2 rings (SSSR count). The SMILES string of the molecule is CCC1CCCC(OC2(CBr)CCCC(C)C2)C1. The zero-order valence-electron chi connectivity index (χ0n) is 12.1. The molecule has 2 fully saturated rings. The first-order chi connectivity index (χ1) is 8.67. The van der Waals surface area contributed by atoms with E-state index in [0.29, 0.717) is 6.10 Å². The summed E-state index contributed by atoms with van der Waals surface area (Å²) in [6, 6.07) is 0. The van der Waals surface area contributed by atoms with Crippen molar-refractivity contribution in [3.63, 3.8) is 0 Å². The van der Waals surface area contributed by atoms with Crippen molar-refractivity contribution in [2.24, 2.45) is 11.8 Å². The third-order valence-electron chi connectivity index (χ3n) is 5.02. The minimum Gasteiger partial charge on any atom is -0.371 e. The highest BCUT2D eigenvalue weighted by Gasteiger charge is 2.38. The van der Waals surface area contributed by atoms with E-state index < -0.39 is 0 Å². The van der Waals surface area contributed by atoms with Crippen LogP contribution in [-0.4, -0.2) is 17.0 Å². The average Bonchev–Trinajstić information content (AvgIpc) is 2.39. The summed E-state index contributed by atoms with van der Waals surface area (Å²) in [5.74, 6) is 1.75. The first kappa shape index (κ1) is 14.8. The first-order valence-corrected chi connectivity index (χ1v) is 9.03. The van der Waals surface area contributed by atoms with E-state index >= 15 is 0 Å². The lowest BCUT2D eigenvalue weighted by molar-refractivity contribution is -0.122. The van der Waals surface area contributed by atoms with Crippen LogP contribution in [0.25, 0.3) is 0 Å². The maximum atomic E-state index is 6.62. The van der Waals surface area contributed by atoms with Crippen molar-refractivity contribution < 1.29 is 4.74 Å². The smallest absolute Gasteiger partial charge is 0.0785 e. The Morgan fingerprint density at radius 3 is 2.72 bits per heavy atom. The van der Waals surface area contributed by atoms with Gasteiger partial charge in [0.15, 0.2) is 0 Å². The van der Waals surface area contributed by atoms with Gasteiger partial charge in [-0.1, -0.05) is 61.9 Å². The highest BCUT2D eigenvalue weighted by molar-refractivity contribution is 9.09. The molecule has 0 amide bonds. The second-order valence-corrected chi connectivity index (χ2v) is 7.26. The zero-order valence-corrected chi connectivity index (χ0v) is 13.7. The monoisotopic (exact) mass is 316 g/mol. The van der Waals surface area contributed by atoms with Crippen LogP contribution in [0.5, 0.6) is 0 Å². The molecule has 1 nitrogen and oxygen atoms in total. The Kier molecular flexibility index (Phi) is 5.56. The van der Waals surface area contributed by atoms with Crippen LogP contribution < -0.4 is 0 Å². The van der Waals surface area contributed by atoms with Gasteiger partial charge in [0.1, 0.15) is 0 Å². The highest BCUT2D eigenvalue weighted by Crippen LogP contribution is 2.40. The lowest BCUT2D eigenvalue weighted by Crippen LogP contribution is -2.43. The quantitative estimate of drug-likeness (QED) is 0.638. The van der Waals surface area contributed by atoms with Gasteiger partial charge in [-0.25, -0.2) is 0 Å². The Hall–Kier alpha value is 0.440. The van der Waals surface area contributed by atoms with Crippen LogP contribution in [0.4, 0.5) is 0 Å². The van der Waals surface area contributed by atoms with E-state index in [9.17, 15) is 0 Å². The van der Waals surface area contributed by atoms with Gasteiger partial charge in [0.2, 0.25) is 0 Å². The molecule has 2 saturated carbocycles. The van der Waals surface area contributed by atoms with Gasteiger partial charge < -0.3 is 4.74 Å². The van der Waals surface area contributed by atoms with Gasteiger partial charge in [0.25, 0.3) is 0 Å².